The number of hydrogen-bond donors (Lipinski definition) is 0. The Morgan fingerprint density at radius 1 is 1.07 bits per heavy atom. The Labute approximate surface area is 160 Å². The molecule has 1 aromatic heterocycles. The molecule has 0 aliphatic carbocycles. The van der Waals surface area contributed by atoms with Crippen molar-refractivity contribution in [2.45, 2.75) is 26.0 Å². The standard InChI is InChI=1S/C20H29N5O2/c1-16(2)25-12-13-26-18(15-25)14-23-8-10-24(11-9-23)20-21-19(27-22-20)17-6-4-3-5-7-17/h3-7,16,18H,8-15H2,1-2H3. The second-order valence-corrected chi connectivity index (χ2v) is 7.63. The van der Waals surface area contributed by atoms with Crippen LogP contribution in [0.5, 0.6) is 0 Å². The normalized spacial score (nSPS) is 22.5. The third-order valence-corrected chi connectivity index (χ3v) is 5.45. The maximum absolute atomic E-state index is 5.99. The van der Waals surface area contributed by atoms with Crippen LogP contribution in [-0.4, -0.2) is 84.5 Å². The number of rotatable bonds is 5. The molecule has 0 radical (unpaired) electrons. The van der Waals surface area contributed by atoms with Crippen LogP contribution in [-0.2, 0) is 4.74 Å². The SMILES string of the molecule is CC(C)N1CCOC(CN2CCN(c3noc(-c4ccccc4)n3)CC2)C1. The molecule has 1 aromatic carbocycles. The van der Waals surface area contributed by atoms with Gasteiger partial charge in [-0.3, -0.25) is 9.80 Å². The highest BCUT2D eigenvalue weighted by molar-refractivity contribution is 5.54. The molecule has 0 spiro atoms. The van der Waals surface area contributed by atoms with Crippen LogP contribution >= 0.6 is 0 Å². The molecule has 2 saturated heterocycles. The van der Waals surface area contributed by atoms with Gasteiger partial charge in [-0.05, 0) is 31.1 Å². The molecule has 1 unspecified atom stereocenters. The van der Waals surface area contributed by atoms with Crippen molar-refractivity contribution >= 4 is 5.95 Å². The van der Waals surface area contributed by atoms with E-state index in [0.29, 0.717) is 24.0 Å². The number of benzene rings is 1. The van der Waals surface area contributed by atoms with Gasteiger partial charge in [0.15, 0.2) is 0 Å². The zero-order valence-electron chi connectivity index (χ0n) is 16.3. The van der Waals surface area contributed by atoms with E-state index >= 15 is 0 Å². The van der Waals surface area contributed by atoms with E-state index in [-0.39, 0.29) is 0 Å². The Hall–Kier alpha value is -1.96. The first-order valence-electron chi connectivity index (χ1n) is 9.91. The van der Waals surface area contributed by atoms with Crippen LogP contribution in [0.3, 0.4) is 0 Å². The molecule has 2 aliphatic heterocycles. The van der Waals surface area contributed by atoms with Crippen LogP contribution in [0.2, 0.25) is 0 Å². The zero-order chi connectivity index (χ0) is 18.6. The molecule has 3 heterocycles. The smallest absolute Gasteiger partial charge is 0.266 e. The molecule has 0 saturated carbocycles. The minimum absolute atomic E-state index is 0.308. The van der Waals surface area contributed by atoms with Gasteiger partial charge in [-0.1, -0.05) is 18.2 Å². The fourth-order valence-electron chi connectivity index (χ4n) is 3.78. The van der Waals surface area contributed by atoms with Crippen LogP contribution < -0.4 is 4.90 Å². The van der Waals surface area contributed by atoms with E-state index in [0.717, 1.165) is 58.0 Å². The first kappa shape index (κ1) is 18.4. The number of nitrogens with zero attached hydrogens (tertiary/aromatic N) is 5. The van der Waals surface area contributed by atoms with Gasteiger partial charge in [0.2, 0.25) is 0 Å². The predicted octanol–water partition coefficient (Wildman–Crippen LogP) is 1.97. The predicted molar refractivity (Wildman–Crippen MR) is 105 cm³/mol. The summed E-state index contributed by atoms with van der Waals surface area (Å²) in [6, 6.07) is 10.5. The highest BCUT2D eigenvalue weighted by Crippen LogP contribution is 2.21. The molecule has 7 heteroatoms. The quantitative estimate of drug-likeness (QED) is 0.796. The van der Waals surface area contributed by atoms with Crippen LogP contribution in [0.15, 0.2) is 34.9 Å². The van der Waals surface area contributed by atoms with E-state index in [2.05, 4.69) is 38.7 Å². The lowest BCUT2D eigenvalue weighted by Gasteiger charge is -2.40. The summed E-state index contributed by atoms with van der Waals surface area (Å²) in [6.45, 7) is 12.3. The van der Waals surface area contributed by atoms with Crippen molar-refractivity contribution in [3.05, 3.63) is 30.3 Å². The number of piperazine rings is 1. The summed E-state index contributed by atoms with van der Waals surface area (Å²) < 4.78 is 11.4. The Kier molecular flexibility index (Phi) is 5.71. The summed E-state index contributed by atoms with van der Waals surface area (Å²) in [7, 11) is 0. The lowest BCUT2D eigenvalue weighted by atomic mass is 10.2. The maximum Gasteiger partial charge on any atom is 0.266 e. The van der Waals surface area contributed by atoms with E-state index < -0.39 is 0 Å². The molecular formula is C20H29N5O2. The van der Waals surface area contributed by atoms with Gasteiger partial charge in [0, 0.05) is 57.4 Å². The third-order valence-electron chi connectivity index (χ3n) is 5.45. The Morgan fingerprint density at radius 3 is 2.59 bits per heavy atom. The second kappa shape index (κ2) is 8.37. The van der Waals surface area contributed by atoms with Gasteiger partial charge in [0.25, 0.3) is 11.8 Å². The summed E-state index contributed by atoms with van der Waals surface area (Å²) in [4.78, 5) is 11.8. The van der Waals surface area contributed by atoms with E-state index in [4.69, 9.17) is 9.26 Å². The summed E-state index contributed by atoms with van der Waals surface area (Å²) in [5, 5.41) is 4.18. The molecule has 27 heavy (non-hydrogen) atoms. The van der Waals surface area contributed by atoms with Gasteiger partial charge >= 0.3 is 0 Å². The Morgan fingerprint density at radius 2 is 1.85 bits per heavy atom. The summed E-state index contributed by atoms with van der Waals surface area (Å²) in [5.41, 5.74) is 0.957. The van der Waals surface area contributed by atoms with E-state index in [1.807, 2.05) is 30.3 Å². The van der Waals surface area contributed by atoms with E-state index in [1.165, 1.54) is 0 Å². The van der Waals surface area contributed by atoms with Gasteiger partial charge in [0.05, 0.1) is 12.7 Å². The minimum Gasteiger partial charge on any atom is -0.374 e. The van der Waals surface area contributed by atoms with E-state index in [9.17, 15) is 0 Å². The van der Waals surface area contributed by atoms with E-state index in [1.54, 1.807) is 0 Å². The van der Waals surface area contributed by atoms with Crippen LogP contribution in [0, 0.1) is 0 Å². The van der Waals surface area contributed by atoms with Gasteiger partial charge in [-0.15, -0.1) is 0 Å². The van der Waals surface area contributed by atoms with Crippen LogP contribution in [0.4, 0.5) is 5.95 Å². The fraction of sp³-hybridized carbons (Fsp3) is 0.600. The number of aromatic nitrogens is 2. The molecule has 146 valence electrons. The monoisotopic (exact) mass is 371 g/mol. The summed E-state index contributed by atoms with van der Waals surface area (Å²) in [6.07, 6.45) is 0.308. The molecule has 2 fully saturated rings. The summed E-state index contributed by atoms with van der Waals surface area (Å²) in [5.74, 6) is 1.27. The first-order valence-corrected chi connectivity index (χ1v) is 9.91. The minimum atomic E-state index is 0.308. The van der Waals surface area contributed by atoms with Crippen molar-refractivity contribution in [1.29, 1.82) is 0 Å². The van der Waals surface area contributed by atoms with Crippen molar-refractivity contribution in [3.63, 3.8) is 0 Å². The lowest BCUT2D eigenvalue weighted by Crippen LogP contribution is -2.53. The average Bonchev–Trinajstić information content (AvgIpc) is 3.20. The van der Waals surface area contributed by atoms with Gasteiger partial charge in [-0.2, -0.15) is 4.98 Å². The van der Waals surface area contributed by atoms with Crippen LogP contribution in [0.1, 0.15) is 13.8 Å². The molecule has 0 bridgehead atoms. The van der Waals surface area contributed by atoms with Crippen LogP contribution in [0.25, 0.3) is 11.5 Å². The summed E-state index contributed by atoms with van der Waals surface area (Å²) >= 11 is 0. The molecular weight excluding hydrogens is 342 g/mol. The third kappa shape index (κ3) is 4.48. The van der Waals surface area contributed by atoms with Gasteiger partial charge in [-0.25, -0.2) is 0 Å². The molecule has 1 atom stereocenters. The molecule has 2 aromatic rings. The van der Waals surface area contributed by atoms with Crippen molar-refractivity contribution in [2.24, 2.45) is 0 Å². The number of ether oxygens (including phenoxy) is 1. The zero-order valence-corrected chi connectivity index (χ0v) is 16.3. The van der Waals surface area contributed by atoms with Crippen molar-refractivity contribution in [2.75, 3.05) is 57.3 Å². The number of anilines is 1. The number of hydrogen-bond acceptors (Lipinski definition) is 7. The Bertz CT molecular complexity index is 712. The van der Waals surface area contributed by atoms with Crippen molar-refractivity contribution in [1.82, 2.24) is 19.9 Å². The molecule has 0 amide bonds. The molecule has 2 aliphatic rings. The molecule has 0 N–H and O–H groups in total. The van der Waals surface area contributed by atoms with Gasteiger partial charge < -0.3 is 14.2 Å². The first-order chi connectivity index (χ1) is 13.2. The van der Waals surface area contributed by atoms with Gasteiger partial charge in [0.1, 0.15) is 0 Å². The molecule has 4 rings (SSSR count). The average molecular weight is 371 g/mol. The highest BCUT2D eigenvalue weighted by Gasteiger charge is 2.27. The van der Waals surface area contributed by atoms with Crippen molar-refractivity contribution in [3.8, 4) is 11.5 Å². The van der Waals surface area contributed by atoms with Crippen molar-refractivity contribution < 1.29 is 9.26 Å². The second-order valence-electron chi connectivity index (χ2n) is 7.63. The highest BCUT2D eigenvalue weighted by atomic mass is 16.5. The Balaban J connectivity index is 1.29. The fourth-order valence-corrected chi connectivity index (χ4v) is 3.78. The number of morpholine rings is 1. The maximum atomic E-state index is 5.99. The molecule has 7 nitrogen and oxygen atoms in total. The largest absolute Gasteiger partial charge is 0.374 e. The lowest BCUT2D eigenvalue weighted by molar-refractivity contribution is -0.0525. The topological polar surface area (TPSA) is 57.9 Å².